The lowest BCUT2D eigenvalue weighted by molar-refractivity contribution is -0.208. The predicted octanol–water partition coefficient (Wildman–Crippen LogP) is -0.250. The van der Waals surface area contributed by atoms with Crippen LogP contribution < -0.4 is 5.73 Å². The highest BCUT2D eigenvalue weighted by Crippen LogP contribution is 2.55. The third-order valence-corrected chi connectivity index (χ3v) is 9.02. The molecule has 1 aromatic carbocycles. The van der Waals surface area contributed by atoms with Crippen molar-refractivity contribution in [2.45, 2.75) is 49.9 Å². The number of primary amides is 1. The van der Waals surface area contributed by atoms with E-state index in [0.717, 1.165) is 6.42 Å². The van der Waals surface area contributed by atoms with Crippen molar-refractivity contribution in [2.24, 2.45) is 35.3 Å². The normalized spacial score (nSPS) is 36.7. The molecule has 4 aliphatic carbocycles. The Morgan fingerprint density at radius 2 is 1.76 bits per heavy atom. The van der Waals surface area contributed by atoms with Crippen LogP contribution in [0.1, 0.15) is 48.0 Å². The molecule has 4 N–H and O–H groups in total. The fourth-order valence-corrected chi connectivity index (χ4v) is 6.94. The topological polar surface area (TPSA) is 181 Å². The molecule has 0 heterocycles. The molecule has 1 aromatic rings. The number of nitrogens with two attached hydrogens (primary N) is 1. The van der Waals surface area contributed by atoms with Gasteiger partial charge in [-0.05, 0) is 44.5 Å². The van der Waals surface area contributed by atoms with Crippen LogP contribution >= 0.6 is 0 Å². The number of Topliss-reactive ketones (excluding diaryl/α,β-unsaturated/α-hetero) is 4. The van der Waals surface area contributed by atoms with Crippen molar-refractivity contribution in [3.8, 4) is 5.75 Å². The van der Waals surface area contributed by atoms with E-state index >= 15 is 0 Å². The zero-order valence-electron chi connectivity index (χ0n) is 21.2. The van der Waals surface area contributed by atoms with Crippen LogP contribution in [0.25, 0.3) is 0 Å². The number of ketones is 4. The quantitative estimate of drug-likeness (QED) is 0.349. The van der Waals surface area contributed by atoms with Gasteiger partial charge in [-0.15, -0.1) is 0 Å². The van der Waals surface area contributed by atoms with Crippen molar-refractivity contribution in [3.63, 3.8) is 0 Å². The van der Waals surface area contributed by atoms with E-state index in [9.17, 15) is 39.0 Å². The van der Waals surface area contributed by atoms with E-state index in [1.165, 1.54) is 25.1 Å². The third kappa shape index (κ3) is 3.34. The maximum absolute atomic E-state index is 14.1. The molecule has 38 heavy (non-hydrogen) atoms. The predicted molar refractivity (Wildman–Crippen MR) is 129 cm³/mol. The van der Waals surface area contributed by atoms with Crippen molar-refractivity contribution in [3.05, 3.63) is 29.3 Å². The Morgan fingerprint density at radius 3 is 2.32 bits per heavy atom. The molecule has 0 saturated heterocycles. The number of ether oxygens (including phenoxy) is 1. The second-order valence-electron chi connectivity index (χ2n) is 11.1. The Kier molecular flexibility index (Phi) is 6.07. The molecular weight excluding hydrogens is 496 g/mol. The van der Waals surface area contributed by atoms with Gasteiger partial charge in [0.1, 0.15) is 11.9 Å². The van der Waals surface area contributed by atoms with Crippen LogP contribution in [0.4, 0.5) is 0 Å². The molecule has 11 heteroatoms. The minimum absolute atomic E-state index is 0.115. The van der Waals surface area contributed by atoms with Crippen LogP contribution in [0.5, 0.6) is 5.75 Å². The average molecular weight is 527 g/mol. The van der Waals surface area contributed by atoms with Crippen molar-refractivity contribution < 1.29 is 43.7 Å². The number of hydrogen-bond donors (Lipinski definition) is 3. The minimum Gasteiger partial charge on any atom is -0.507 e. The average Bonchev–Trinajstić information content (AvgIpc) is 2.79. The smallest absolute Gasteiger partial charge is 0.309 e. The van der Waals surface area contributed by atoms with Crippen LogP contribution in [-0.4, -0.2) is 82.0 Å². The number of carbonyl (C=O) groups is 6. The lowest BCUT2D eigenvalue weighted by Gasteiger charge is -2.56. The second kappa shape index (κ2) is 8.81. The molecule has 8 unspecified atom stereocenters. The number of carbonyl (C=O) groups excluding carboxylic acids is 6. The van der Waals surface area contributed by atoms with Crippen LogP contribution in [0.2, 0.25) is 0 Å². The van der Waals surface area contributed by atoms with Crippen molar-refractivity contribution in [2.75, 3.05) is 14.1 Å². The van der Waals surface area contributed by atoms with Crippen molar-refractivity contribution >= 4 is 35.0 Å². The molecule has 0 bridgehead atoms. The Balaban J connectivity index is 1.75. The number of aromatic hydroxyl groups is 1. The zero-order valence-corrected chi connectivity index (χ0v) is 21.2. The van der Waals surface area contributed by atoms with Gasteiger partial charge in [0.2, 0.25) is 5.91 Å². The van der Waals surface area contributed by atoms with Gasteiger partial charge in [0.15, 0.2) is 34.7 Å². The molecule has 3 saturated carbocycles. The number of nitrogens with zero attached hydrogens (tertiary/aromatic N) is 1. The van der Waals surface area contributed by atoms with Gasteiger partial charge in [-0.2, -0.15) is 0 Å². The molecule has 4 aliphatic rings. The molecule has 0 aromatic heterocycles. The molecule has 0 spiro atoms. The molecule has 3 fully saturated rings. The van der Waals surface area contributed by atoms with Gasteiger partial charge in [-0.3, -0.25) is 33.7 Å². The van der Waals surface area contributed by atoms with E-state index in [0.29, 0.717) is 18.4 Å². The molecular formula is C27H30N2O9. The van der Waals surface area contributed by atoms with Crippen LogP contribution in [0.3, 0.4) is 0 Å². The molecule has 1 amide bonds. The first-order valence-electron chi connectivity index (χ1n) is 12.7. The van der Waals surface area contributed by atoms with Crippen LogP contribution in [0.15, 0.2) is 18.2 Å². The lowest BCUT2D eigenvalue weighted by Crippen LogP contribution is -2.78. The Morgan fingerprint density at radius 1 is 1.11 bits per heavy atom. The first kappa shape index (κ1) is 26.2. The number of rotatable bonds is 4. The zero-order chi connectivity index (χ0) is 27.8. The summed E-state index contributed by atoms with van der Waals surface area (Å²) >= 11 is 0. The van der Waals surface area contributed by atoms with E-state index < -0.39 is 88.3 Å². The number of phenols is 1. The summed E-state index contributed by atoms with van der Waals surface area (Å²) in [6, 6.07) is 3.06. The van der Waals surface area contributed by atoms with Gasteiger partial charge in [0.05, 0.1) is 29.4 Å². The fraction of sp³-hybridized carbons (Fsp3) is 0.556. The van der Waals surface area contributed by atoms with Gasteiger partial charge < -0.3 is 20.7 Å². The van der Waals surface area contributed by atoms with E-state index in [1.54, 1.807) is 19.1 Å². The largest absolute Gasteiger partial charge is 0.507 e. The summed E-state index contributed by atoms with van der Waals surface area (Å²) in [5.41, 5.74) is 2.67. The molecule has 11 nitrogen and oxygen atoms in total. The summed E-state index contributed by atoms with van der Waals surface area (Å²) in [6.07, 6.45) is 0.579. The lowest BCUT2D eigenvalue weighted by atomic mass is 9.49. The summed E-state index contributed by atoms with van der Waals surface area (Å²) in [5.74, 6) is -14.1. The summed E-state index contributed by atoms with van der Waals surface area (Å²) in [4.78, 5) is 81.7. The number of benzene rings is 1. The van der Waals surface area contributed by atoms with Gasteiger partial charge in [0, 0.05) is 5.92 Å². The molecule has 0 radical (unpaired) electrons. The fourth-order valence-electron chi connectivity index (χ4n) is 6.94. The Bertz CT molecular complexity index is 1290. The van der Waals surface area contributed by atoms with E-state index in [1.807, 2.05) is 0 Å². The number of esters is 1. The highest BCUT2D eigenvalue weighted by atomic mass is 16.5. The number of fused-ring (bicyclic) bond motifs is 3. The number of amides is 1. The summed E-state index contributed by atoms with van der Waals surface area (Å²) in [6.45, 7) is 1.70. The third-order valence-electron chi connectivity index (χ3n) is 9.02. The summed E-state index contributed by atoms with van der Waals surface area (Å²) in [5, 5.41) is 22.4. The summed E-state index contributed by atoms with van der Waals surface area (Å²) in [7, 11) is 2.95. The molecule has 0 aliphatic heterocycles. The highest BCUT2D eigenvalue weighted by molar-refractivity contribution is 6.32. The van der Waals surface area contributed by atoms with E-state index in [2.05, 4.69) is 0 Å². The van der Waals surface area contributed by atoms with Gasteiger partial charge >= 0.3 is 5.97 Å². The number of likely N-dealkylation sites (N-methyl/N-ethyl adjacent to an activating group) is 1. The van der Waals surface area contributed by atoms with Gasteiger partial charge in [-0.1, -0.05) is 25.5 Å². The minimum atomic E-state index is -3.01. The van der Waals surface area contributed by atoms with Crippen LogP contribution in [-0.2, 0) is 28.7 Å². The SMILES string of the molecule is CC1c2cccc(O)c2C(=O)C2C(=O)C3(O)C(=O)C(C(N)=O)C(=O)C(N(C)C)C3C(OC(=O)C3CCC3)C21. The number of phenolic OH excluding ortho intramolecular Hbond substituents is 1. The highest BCUT2D eigenvalue weighted by Gasteiger charge is 2.74. The van der Waals surface area contributed by atoms with Gasteiger partial charge in [0.25, 0.3) is 0 Å². The maximum Gasteiger partial charge on any atom is 0.309 e. The van der Waals surface area contributed by atoms with Crippen LogP contribution in [0, 0.1) is 29.6 Å². The number of hydrogen-bond acceptors (Lipinski definition) is 10. The standard InChI is InChI=1S/C27H30N2O9/c1-10-12-8-5-9-13(30)15(12)20(31)16-14(10)22(38-26(36)11-6-4-7-11)18-19(29(2)3)21(32)17(25(28)35)24(34)27(18,37)23(16)33/h5,8-11,14,16-19,22,30,37H,4,6-7H2,1-3H3,(H2,28,35). The molecule has 202 valence electrons. The van der Waals surface area contributed by atoms with Gasteiger partial charge in [-0.25, -0.2) is 0 Å². The maximum atomic E-state index is 14.1. The Labute approximate surface area is 218 Å². The molecule has 5 rings (SSSR count). The van der Waals surface area contributed by atoms with E-state index in [4.69, 9.17) is 10.5 Å². The first-order valence-corrected chi connectivity index (χ1v) is 12.7. The first-order chi connectivity index (χ1) is 17.8. The van der Waals surface area contributed by atoms with Crippen molar-refractivity contribution in [1.29, 1.82) is 0 Å². The number of aliphatic hydroxyl groups is 1. The Hall–Kier alpha value is -3.44. The summed E-state index contributed by atoms with van der Waals surface area (Å²) < 4.78 is 5.97. The second-order valence-corrected chi connectivity index (χ2v) is 11.1. The van der Waals surface area contributed by atoms with Crippen molar-refractivity contribution in [1.82, 2.24) is 4.90 Å². The monoisotopic (exact) mass is 526 g/mol. The molecule has 8 atom stereocenters. The van der Waals surface area contributed by atoms with E-state index in [-0.39, 0.29) is 11.3 Å².